The summed E-state index contributed by atoms with van der Waals surface area (Å²) in [7, 11) is 0. The topological polar surface area (TPSA) is 82.3 Å². The predicted molar refractivity (Wildman–Crippen MR) is 79.7 cm³/mol. The Bertz CT molecular complexity index is 491. The summed E-state index contributed by atoms with van der Waals surface area (Å²) < 4.78 is 5.52. The Labute approximate surface area is 125 Å². The smallest absolute Gasteiger partial charge is 0.260 e. The fraction of sp³-hybridized carbons (Fsp3) is 0.500. The zero-order chi connectivity index (χ0) is 15.8. The first-order chi connectivity index (χ1) is 9.92. The molecular formula is C16H22N2O3. The second-order valence-electron chi connectivity index (χ2n) is 5.33. The first-order valence-electron chi connectivity index (χ1n) is 7.05. The number of nitrogens with one attached hydrogen (secondary N) is 1. The van der Waals surface area contributed by atoms with Gasteiger partial charge in [-0.25, -0.2) is 0 Å². The van der Waals surface area contributed by atoms with Gasteiger partial charge in [-0.1, -0.05) is 6.92 Å². The third-order valence-electron chi connectivity index (χ3n) is 3.03. The molecule has 0 bridgehead atoms. The molecule has 0 saturated heterocycles. The molecular weight excluding hydrogens is 268 g/mol. The van der Waals surface area contributed by atoms with Gasteiger partial charge in [0.05, 0.1) is 17.7 Å². The van der Waals surface area contributed by atoms with E-state index in [1.54, 1.807) is 38.1 Å². The number of ether oxygens (including phenoxy) is 1. The van der Waals surface area contributed by atoms with E-state index in [9.17, 15) is 9.90 Å². The highest BCUT2D eigenvalue weighted by Gasteiger charge is 2.15. The van der Waals surface area contributed by atoms with E-state index in [-0.39, 0.29) is 17.9 Å². The Hall–Kier alpha value is -2.06. The van der Waals surface area contributed by atoms with Gasteiger partial charge in [0.25, 0.3) is 5.91 Å². The van der Waals surface area contributed by atoms with Crippen LogP contribution in [0.4, 0.5) is 0 Å². The number of aliphatic hydroxyl groups is 1. The Morgan fingerprint density at radius 2 is 1.95 bits per heavy atom. The quantitative estimate of drug-likeness (QED) is 0.803. The van der Waals surface area contributed by atoms with Crippen LogP contribution in [0.3, 0.4) is 0 Å². The molecule has 0 fully saturated rings. The molecule has 0 spiro atoms. The van der Waals surface area contributed by atoms with Crippen LogP contribution in [0.25, 0.3) is 0 Å². The van der Waals surface area contributed by atoms with Crippen LogP contribution in [0.15, 0.2) is 24.3 Å². The van der Waals surface area contributed by atoms with Gasteiger partial charge in [-0.05, 0) is 50.5 Å². The number of rotatable bonds is 7. The molecule has 1 aromatic rings. The van der Waals surface area contributed by atoms with E-state index in [0.717, 1.165) is 0 Å². The summed E-state index contributed by atoms with van der Waals surface area (Å²) in [6, 6.07) is 8.64. The normalized spacial score (nSPS) is 14.6. The lowest BCUT2D eigenvalue weighted by atomic mass is 10.0. The predicted octanol–water partition coefficient (Wildman–Crippen LogP) is 1.85. The van der Waals surface area contributed by atoms with Crippen molar-refractivity contribution < 1.29 is 14.6 Å². The fourth-order valence-corrected chi connectivity index (χ4v) is 1.95. The molecule has 3 unspecified atom stereocenters. The molecule has 2 N–H and O–H groups in total. The van der Waals surface area contributed by atoms with Crippen molar-refractivity contribution in [3.8, 4) is 11.8 Å². The van der Waals surface area contributed by atoms with E-state index in [1.165, 1.54) is 0 Å². The van der Waals surface area contributed by atoms with Crippen LogP contribution in [0.2, 0.25) is 0 Å². The van der Waals surface area contributed by atoms with E-state index in [2.05, 4.69) is 5.32 Å². The van der Waals surface area contributed by atoms with Gasteiger partial charge in [0.15, 0.2) is 6.10 Å². The first-order valence-corrected chi connectivity index (χ1v) is 7.05. The van der Waals surface area contributed by atoms with Gasteiger partial charge in [0.1, 0.15) is 5.75 Å². The molecule has 3 atom stereocenters. The number of benzene rings is 1. The molecule has 5 nitrogen and oxygen atoms in total. The molecule has 0 aromatic heterocycles. The molecule has 1 amide bonds. The van der Waals surface area contributed by atoms with Crippen molar-refractivity contribution in [1.82, 2.24) is 5.32 Å². The lowest BCUT2D eigenvalue weighted by Crippen LogP contribution is -2.38. The Kier molecular flexibility index (Phi) is 6.70. The van der Waals surface area contributed by atoms with Crippen molar-refractivity contribution in [2.45, 2.75) is 39.4 Å². The summed E-state index contributed by atoms with van der Waals surface area (Å²) in [5.41, 5.74) is 0.548. The van der Waals surface area contributed by atoms with Gasteiger partial charge < -0.3 is 15.2 Å². The summed E-state index contributed by atoms with van der Waals surface area (Å²) >= 11 is 0. The number of carbonyl (C=O) groups excluding carboxylic acids is 1. The molecule has 1 aromatic carbocycles. The van der Waals surface area contributed by atoms with E-state index < -0.39 is 6.10 Å². The van der Waals surface area contributed by atoms with E-state index in [1.807, 2.05) is 13.0 Å². The van der Waals surface area contributed by atoms with Crippen molar-refractivity contribution in [2.24, 2.45) is 5.92 Å². The number of nitrogens with zero attached hydrogens (tertiary/aromatic N) is 1. The monoisotopic (exact) mass is 290 g/mol. The minimum absolute atomic E-state index is 0.197. The third-order valence-corrected chi connectivity index (χ3v) is 3.03. The first kappa shape index (κ1) is 17.0. The average Bonchev–Trinajstić information content (AvgIpc) is 2.44. The highest BCUT2D eigenvalue weighted by atomic mass is 16.5. The Balaban J connectivity index is 2.41. The summed E-state index contributed by atoms with van der Waals surface area (Å²) in [4.78, 5) is 11.9. The molecule has 0 heterocycles. The van der Waals surface area contributed by atoms with Crippen LogP contribution in [0.1, 0.15) is 32.8 Å². The third kappa shape index (κ3) is 6.28. The van der Waals surface area contributed by atoms with Crippen molar-refractivity contribution in [2.75, 3.05) is 6.54 Å². The van der Waals surface area contributed by atoms with E-state index >= 15 is 0 Å². The van der Waals surface area contributed by atoms with E-state index in [4.69, 9.17) is 10.00 Å². The zero-order valence-electron chi connectivity index (χ0n) is 12.7. The van der Waals surface area contributed by atoms with Crippen molar-refractivity contribution in [3.05, 3.63) is 29.8 Å². The molecule has 0 radical (unpaired) electrons. The Morgan fingerprint density at radius 3 is 2.48 bits per heavy atom. The number of hydrogen-bond acceptors (Lipinski definition) is 4. The van der Waals surface area contributed by atoms with Crippen LogP contribution >= 0.6 is 0 Å². The lowest BCUT2D eigenvalue weighted by molar-refractivity contribution is -0.127. The number of hydrogen-bond donors (Lipinski definition) is 2. The summed E-state index contributed by atoms with van der Waals surface area (Å²) in [5.74, 6) is 0.557. The van der Waals surface area contributed by atoms with Crippen molar-refractivity contribution in [1.29, 1.82) is 5.26 Å². The van der Waals surface area contributed by atoms with Gasteiger partial charge >= 0.3 is 0 Å². The number of aliphatic hydroxyl groups excluding tert-OH is 1. The van der Waals surface area contributed by atoms with Crippen molar-refractivity contribution >= 4 is 5.91 Å². The van der Waals surface area contributed by atoms with Crippen LogP contribution in [-0.2, 0) is 4.79 Å². The molecule has 0 aliphatic rings. The van der Waals surface area contributed by atoms with Crippen LogP contribution in [0.5, 0.6) is 5.75 Å². The standard InChI is InChI=1S/C16H22N2O3/c1-11(8-12(2)19)10-18-16(20)13(3)21-15-6-4-14(9-17)5-7-15/h4-7,11-13,19H,8,10H2,1-3H3,(H,18,20). The molecule has 0 aliphatic heterocycles. The maximum Gasteiger partial charge on any atom is 0.260 e. The average molecular weight is 290 g/mol. The maximum atomic E-state index is 11.9. The second kappa shape index (κ2) is 8.28. The summed E-state index contributed by atoms with van der Waals surface area (Å²) in [6.07, 6.45) is -0.341. The molecule has 0 saturated carbocycles. The van der Waals surface area contributed by atoms with Crippen LogP contribution < -0.4 is 10.1 Å². The summed E-state index contributed by atoms with van der Waals surface area (Å²) in [5, 5.41) is 20.8. The maximum absolute atomic E-state index is 11.9. The molecule has 0 aliphatic carbocycles. The lowest BCUT2D eigenvalue weighted by Gasteiger charge is -2.18. The van der Waals surface area contributed by atoms with Gasteiger partial charge in [0.2, 0.25) is 0 Å². The van der Waals surface area contributed by atoms with Crippen LogP contribution in [0, 0.1) is 17.2 Å². The van der Waals surface area contributed by atoms with Gasteiger partial charge in [-0.15, -0.1) is 0 Å². The van der Waals surface area contributed by atoms with E-state index in [0.29, 0.717) is 24.3 Å². The Morgan fingerprint density at radius 1 is 1.33 bits per heavy atom. The molecule has 114 valence electrons. The summed E-state index contributed by atoms with van der Waals surface area (Å²) in [6.45, 7) is 5.88. The molecule has 1 rings (SSSR count). The molecule has 5 heteroatoms. The van der Waals surface area contributed by atoms with Gasteiger partial charge in [-0.2, -0.15) is 5.26 Å². The minimum atomic E-state index is -0.614. The second-order valence-corrected chi connectivity index (χ2v) is 5.33. The fourth-order valence-electron chi connectivity index (χ4n) is 1.95. The zero-order valence-corrected chi connectivity index (χ0v) is 12.7. The largest absolute Gasteiger partial charge is 0.481 e. The minimum Gasteiger partial charge on any atom is -0.481 e. The highest BCUT2D eigenvalue weighted by Crippen LogP contribution is 2.13. The van der Waals surface area contributed by atoms with Gasteiger partial charge in [0, 0.05) is 6.54 Å². The number of carbonyl (C=O) groups is 1. The van der Waals surface area contributed by atoms with Gasteiger partial charge in [-0.3, -0.25) is 4.79 Å². The highest BCUT2D eigenvalue weighted by molar-refractivity contribution is 5.80. The van der Waals surface area contributed by atoms with Crippen molar-refractivity contribution in [3.63, 3.8) is 0 Å². The van der Waals surface area contributed by atoms with Crippen LogP contribution in [-0.4, -0.2) is 29.8 Å². The number of amides is 1. The number of nitriles is 1. The molecule has 21 heavy (non-hydrogen) atoms. The SMILES string of the molecule is CC(O)CC(C)CNC(=O)C(C)Oc1ccc(C#N)cc1.